The lowest BCUT2D eigenvalue weighted by Gasteiger charge is -2.26. The van der Waals surface area contributed by atoms with Crippen molar-refractivity contribution >= 4 is 21.6 Å². The predicted molar refractivity (Wildman–Crippen MR) is 91.3 cm³/mol. The molecule has 1 aliphatic rings. The van der Waals surface area contributed by atoms with Crippen molar-refractivity contribution in [2.45, 2.75) is 52.6 Å². The molecule has 0 radical (unpaired) electrons. The second-order valence-electron chi connectivity index (χ2n) is 6.89. The first-order chi connectivity index (χ1) is 9.39. The van der Waals surface area contributed by atoms with E-state index < -0.39 is 0 Å². The monoisotopic (exact) mass is 338 g/mol. The van der Waals surface area contributed by atoms with Gasteiger partial charge in [-0.05, 0) is 50.8 Å². The van der Waals surface area contributed by atoms with E-state index >= 15 is 0 Å². The van der Waals surface area contributed by atoms with Gasteiger partial charge in [-0.3, -0.25) is 0 Å². The molecule has 0 bridgehead atoms. The van der Waals surface area contributed by atoms with Crippen LogP contribution < -0.4 is 10.2 Å². The molecular weight excluding hydrogens is 312 g/mol. The highest BCUT2D eigenvalue weighted by atomic mass is 79.9. The summed E-state index contributed by atoms with van der Waals surface area (Å²) in [6, 6.07) is 6.67. The lowest BCUT2D eigenvalue weighted by atomic mass is 10.1. The zero-order valence-corrected chi connectivity index (χ0v) is 14.8. The SMILES string of the molecule is CCC1CCN(c2cc(Br)ccc2CNC(C)(C)C)C1. The van der Waals surface area contributed by atoms with Crippen molar-refractivity contribution in [2.75, 3.05) is 18.0 Å². The van der Waals surface area contributed by atoms with E-state index in [1.54, 1.807) is 0 Å². The minimum Gasteiger partial charge on any atom is -0.371 e. The van der Waals surface area contributed by atoms with Gasteiger partial charge in [-0.1, -0.05) is 35.3 Å². The highest BCUT2D eigenvalue weighted by Gasteiger charge is 2.23. The van der Waals surface area contributed by atoms with Crippen molar-refractivity contribution in [3.05, 3.63) is 28.2 Å². The molecule has 1 heterocycles. The van der Waals surface area contributed by atoms with E-state index in [1.165, 1.54) is 41.7 Å². The summed E-state index contributed by atoms with van der Waals surface area (Å²) in [6.07, 6.45) is 2.62. The van der Waals surface area contributed by atoms with Gasteiger partial charge in [-0.25, -0.2) is 0 Å². The van der Waals surface area contributed by atoms with Gasteiger partial charge in [-0.2, -0.15) is 0 Å². The third-order valence-corrected chi connectivity index (χ3v) is 4.55. The quantitative estimate of drug-likeness (QED) is 0.864. The maximum atomic E-state index is 3.62. The van der Waals surface area contributed by atoms with Gasteiger partial charge in [-0.15, -0.1) is 0 Å². The van der Waals surface area contributed by atoms with Crippen molar-refractivity contribution in [3.8, 4) is 0 Å². The Balaban J connectivity index is 2.16. The van der Waals surface area contributed by atoms with Crippen LogP contribution in [0.4, 0.5) is 5.69 Å². The van der Waals surface area contributed by atoms with Crippen LogP contribution in [-0.2, 0) is 6.54 Å². The second kappa shape index (κ2) is 6.48. The Bertz CT molecular complexity index is 451. The first-order valence-corrected chi connectivity index (χ1v) is 8.47. The summed E-state index contributed by atoms with van der Waals surface area (Å²) in [5.74, 6) is 0.859. The highest BCUT2D eigenvalue weighted by Crippen LogP contribution is 2.31. The molecule has 1 aromatic carbocycles. The minimum absolute atomic E-state index is 0.154. The van der Waals surface area contributed by atoms with Crippen molar-refractivity contribution in [2.24, 2.45) is 5.92 Å². The summed E-state index contributed by atoms with van der Waals surface area (Å²) in [7, 11) is 0. The van der Waals surface area contributed by atoms with Crippen molar-refractivity contribution in [1.82, 2.24) is 5.32 Å². The second-order valence-corrected chi connectivity index (χ2v) is 7.80. The van der Waals surface area contributed by atoms with Crippen LogP contribution >= 0.6 is 15.9 Å². The van der Waals surface area contributed by atoms with E-state index in [4.69, 9.17) is 0 Å². The molecule has 1 atom stereocenters. The van der Waals surface area contributed by atoms with E-state index in [0.29, 0.717) is 0 Å². The molecule has 0 spiro atoms. The molecule has 1 saturated heterocycles. The average Bonchev–Trinajstić information content (AvgIpc) is 2.84. The Morgan fingerprint density at radius 3 is 2.70 bits per heavy atom. The number of nitrogens with one attached hydrogen (secondary N) is 1. The van der Waals surface area contributed by atoms with Crippen LogP contribution in [0.25, 0.3) is 0 Å². The topological polar surface area (TPSA) is 15.3 Å². The standard InChI is InChI=1S/C17H27BrN2/c1-5-13-8-9-20(12-13)16-10-15(18)7-6-14(16)11-19-17(2,3)4/h6-7,10,13,19H,5,8-9,11-12H2,1-4H3. The van der Waals surface area contributed by atoms with Gasteiger partial charge in [0.25, 0.3) is 0 Å². The van der Waals surface area contributed by atoms with Crippen LogP contribution in [-0.4, -0.2) is 18.6 Å². The maximum Gasteiger partial charge on any atom is 0.0423 e. The van der Waals surface area contributed by atoms with E-state index in [9.17, 15) is 0 Å². The summed E-state index contributed by atoms with van der Waals surface area (Å²) >= 11 is 3.62. The number of anilines is 1. The Morgan fingerprint density at radius 1 is 1.35 bits per heavy atom. The number of nitrogens with zero attached hydrogens (tertiary/aromatic N) is 1. The van der Waals surface area contributed by atoms with Gasteiger partial charge < -0.3 is 10.2 Å². The van der Waals surface area contributed by atoms with E-state index in [1.807, 2.05) is 0 Å². The van der Waals surface area contributed by atoms with Gasteiger partial charge in [0.15, 0.2) is 0 Å². The molecule has 20 heavy (non-hydrogen) atoms. The maximum absolute atomic E-state index is 3.62. The highest BCUT2D eigenvalue weighted by molar-refractivity contribution is 9.10. The minimum atomic E-state index is 0.154. The number of hydrogen-bond acceptors (Lipinski definition) is 2. The molecule has 0 amide bonds. The summed E-state index contributed by atoms with van der Waals surface area (Å²) in [5, 5.41) is 3.60. The molecule has 1 aromatic rings. The van der Waals surface area contributed by atoms with Crippen LogP contribution in [0.15, 0.2) is 22.7 Å². The zero-order chi connectivity index (χ0) is 14.8. The van der Waals surface area contributed by atoms with Crippen LogP contribution in [0.5, 0.6) is 0 Å². The molecule has 1 N–H and O–H groups in total. The Labute approximate surface area is 132 Å². The summed E-state index contributed by atoms with van der Waals surface area (Å²) in [4.78, 5) is 2.55. The molecule has 0 aromatic heterocycles. The van der Waals surface area contributed by atoms with Crippen molar-refractivity contribution < 1.29 is 0 Å². The van der Waals surface area contributed by atoms with Gasteiger partial charge in [0.1, 0.15) is 0 Å². The van der Waals surface area contributed by atoms with Crippen molar-refractivity contribution in [1.29, 1.82) is 0 Å². The van der Waals surface area contributed by atoms with E-state index in [-0.39, 0.29) is 5.54 Å². The smallest absolute Gasteiger partial charge is 0.0423 e. The molecule has 1 aliphatic heterocycles. The predicted octanol–water partition coefficient (Wildman–Crippen LogP) is 4.57. The molecule has 112 valence electrons. The summed E-state index contributed by atoms with van der Waals surface area (Å²) in [6.45, 7) is 12.3. The normalized spacial score (nSPS) is 19.6. The van der Waals surface area contributed by atoms with Gasteiger partial charge in [0.2, 0.25) is 0 Å². The van der Waals surface area contributed by atoms with Crippen LogP contribution in [0.2, 0.25) is 0 Å². The molecule has 3 heteroatoms. The molecular formula is C17H27BrN2. The Morgan fingerprint density at radius 2 is 2.10 bits per heavy atom. The average molecular weight is 339 g/mol. The van der Waals surface area contributed by atoms with Gasteiger partial charge in [0, 0.05) is 35.3 Å². The van der Waals surface area contributed by atoms with E-state index in [2.05, 4.69) is 72.0 Å². The largest absolute Gasteiger partial charge is 0.371 e. The lowest BCUT2D eigenvalue weighted by molar-refractivity contribution is 0.424. The Hall–Kier alpha value is -0.540. The first kappa shape index (κ1) is 15.8. The molecule has 0 aliphatic carbocycles. The first-order valence-electron chi connectivity index (χ1n) is 7.67. The fraction of sp³-hybridized carbons (Fsp3) is 0.647. The zero-order valence-electron chi connectivity index (χ0n) is 13.2. The third-order valence-electron chi connectivity index (χ3n) is 4.06. The number of hydrogen-bond donors (Lipinski definition) is 1. The lowest BCUT2D eigenvalue weighted by Crippen LogP contribution is -2.35. The molecule has 2 nitrogen and oxygen atoms in total. The summed E-state index contributed by atoms with van der Waals surface area (Å²) < 4.78 is 1.17. The fourth-order valence-corrected chi connectivity index (χ4v) is 3.07. The molecule has 1 fully saturated rings. The molecule has 2 rings (SSSR count). The van der Waals surface area contributed by atoms with E-state index in [0.717, 1.165) is 12.5 Å². The molecule has 0 saturated carbocycles. The molecule has 1 unspecified atom stereocenters. The third kappa shape index (κ3) is 4.23. The number of benzene rings is 1. The van der Waals surface area contributed by atoms with Gasteiger partial charge in [0.05, 0.1) is 0 Å². The number of rotatable bonds is 4. The van der Waals surface area contributed by atoms with Gasteiger partial charge >= 0.3 is 0 Å². The van der Waals surface area contributed by atoms with Crippen molar-refractivity contribution in [3.63, 3.8) is 0 Å². The Kier molecular flexibility index (Phi) is 5.14. The van der Waals surface area contributed by atoms with Crippen LogP contribution in [0.3, 0.4) is 0 Å². The number of halogens is 1. The van der Waals surface area contributed by atoms with Crippen LogP contribution in [0, 0.1) is 5.92 Å². The fourth-order valence-electron chi connectivity index (χ4n) is 2.73. The summed E-state index contributed by atoms with van der Waals surface area (Å²) in [5.41, 5.74) is 2.95. The van der Waals surface area contributed by atoms with Crippen LogP contribution in [0.1, 0.15) is 46.1 Å².